The van der Waals surface area contributed by atoms with E-state index < -0.39 is 15.6 Å². The summed E-state index contributed by atoms with van der Waals surface area (Å²) < 4.78 is 29.5. The summed E-state index contributed by atoms with van der Waals surface area (Å²) >= 11 is 0. The van der Waals surface area contributed by atoms with Gasteiger partial charge in [-0.2, -0.15) is 5.10 Å². The second kappa shape index (κ2) is 6.89. The minimum absolute atomic E-state index is 0. The number of nitrogens with two attached hydrogens (primary N) is 1. The number of sulfonamides is 1. The molecule has 0 aliphatic carbocycles. The summed E-state index contributed by atoms with van der Waals surface area (Å²) in [4.78, 5) is 0.259. The highest BCUT2D eigenvalue weighted by Gasteiger charge is 2.33. The molecule has 0 saturated carbocycles. The molecule has 0 radical (unpaired) electrons. The Bertz CT molecular complexity index is 542. The smallest absolute Gasteiger partial charge is 0.244 e. The Labute approximate surface area is 127 Å². The summed E-state index contributed by atoms with van der Waals surface area (Å²) in [5.41, 5.74) is 6.29. The molecule has 6 nitrogen and oxygen atoms in total. The van der Waals surface area contributed by atoms with Gasteiger partial charge in [-0.1, -0.05) is 13.8 Å². The summed E-state index contributed by atoms with van der Waals surface area (Å²) in [5.74, 6) is 0. The molecule has 1 rings (SSSR count). The van der Waals surface area contributed by atoms with Gasteiger partial charge in [0.2, 0.25) is 10.0 Å². The van der Waals surface area contributed by atoms with Gasteiger partial charge in [-0.15, -0.1) is 12.4 Å². The summed E-state index contributed by atoms with van der Waals surface area (Å²) in [6.07, 6.45) is 1.30. The van der Waals surface area contributed by atoms with Gasteiger partial charge in [0.25, 0.3) is 0 Å². The second-order valence-corrected chi connectivity index (χ2v) is 6.54. The molecular formula is C12H25ClN4O2S. The first kappa shape index (κ1) is 19.4. The van der Waals surface area contributed by atoms with Crippen LogP contribution in [-0.4, -0.2) is 30.3 Å². The zero-order valence-electron chi connectivity index (χ0n) is 12.7. The fourth-order valence-electron chi connectivity index (χ4n) is 2.20. The van der Waals surface area contributed by atoms with Crippen molar-refractivity contribution in [2.45, 2.75) is 51.0 Å². The van der Waals surface area contributed by atoms with E-state index in [9.17, 15) is 8.42 Å². The average molecular weight is 325 g/mol. The molecule has 3 N–H and O–H groups in total. The van der Waals surface area contributed by atoms with Crippen molar-refractivity contribution < 1.29 is 8.42 Å². The molecule has 0 atom stereocenters. The van der Waals surface area contributed by atoms with Crippen LogP contribution in [0.15, 0.2) is 4.90 Å². The van der Waals surface area contributed by atoms with Crippen molar-refractivity contribution >= 4 is 22.4 Å². The van der Waals surface area contributed by atoms with Gasteiger partial charge in [0, 0.05) is 19.1 Å². The molecule has 1 aromatic rings. The fourth-order valence-corrected chi connectivity index (χ4v) is 4.20. The third kappa shape index (κ3) is 3.52. The summed E-state index contributed by atoms with van der Waals surface area (Å²) in [6, 6.07) is 0. The van der Waals surface area contributed by atoms with Crippen molar-refractivity contribution in [2.24, 2.45) is 12.8 Å². The average Bonchev–Trinajstić information content (AvgIpc) is 2.61. The van der Waals surface area contributed by atoms with Crippen LogP contribution in [0.3, 0.4) is 0 Å². The first-order valence-corrected chi connectivity index (χ1v) is 7.95. The van der Waals surface area contributed by atoms with Crippen molar-refractivity contribution in [3.63, 3.8) is 0 Å². The van der Waals surface area contributed by atoms with E-state index in [1.165, 1.54) is 0 Å². The third-order valence-electron chi connectivity index (χ3n) is 3.81. The normalized spacial score (nSPS) is 12.3. The van der Waals surface area contributed by atoms with Crippen LogP contribution in [0.1, 0.15) is 38.1 Å². The number of hydrogen-bond acceptors (Lipinski definition) is 4. The quantitative estimate of drug-likeness (QED) is 0.824. The van der Waals surface area contributed by atoms with Crippen molar-refractivity contribution in [3.05, 3.63) is 11.4 Å². The first-order chi connectivity index (χ1) is 8.73. The minimum Gasteiger partial charge on any atom is -0.329 e. The van der Waals surface area contributed by atoms with Crippen LogP contribution in [0, 0.1) is 13.8 Å². The Hall–Kier alpha value is -0.630. The van der Waals surface area contributed by atoms with Crippen LogP contribution in [0.4, 0.5) is 0 Å². The number of aryl methyl sites for hydroxylation is 2. The van der Waals surface area contributed by atoms with Gasteiger partial charge in [0.05, 0.1) is 11.4 Å². The van der Waals surface area contributed by atoms with Crippen LogP contribution in [0.25, 0.3) is 0 Å². The lowest BCUT2D eigenvalue weighted by Crippen LogP contribution is -2.52. The number of aromatic nitrogens is 2. The maximum atomic E-state index is 12.6. The van der Waals surface area contributed by atoms with Gasteiger partial charge in [-0.05, 0) is 26.7 Å². The van der Waals surface area contributed by atoms with Crippen LogP contribution < -0.4 is 10.5 Å². The molecule has 0 aliphatic rings. The predicted octanol–water partition coefficient (Wildman–Crippen LogP) is 1.25. The van der Waals surface area contributed by atoms with Crippen LogP contribution in [-0.2, 0) is 17.1 Å². The molecule has 0 spiro atoms. The van der Waals surface area contributed by atoms with Gasteiger partial charge >= 0.3 is 0 Å². The molecule has 0 saturated heterocycles. The SMILES string of the molecule is CCC(CC)(CN)NS(=O)(=O)c1c(C)nn(C)c1C.Cl. The zero-order valence-corrected chi connectivity index (χ0v) is 14.4. The molecule has 0 fully saturated rings. The summed E-state index contributed by atoms with van der Waals surface area (Å²) in [7, 11) is -1.87. The van der Waals surface area contributed by atoms with Crippen LogP contribution >= 0.6 is 12.4 Å². The Morgan fingerprint density at radius 1 is 1.30 bits per heavy atom. The molecule has 118 valence electrons. The van der Waals surface area contributed by atoms with Gasteiger partial charge in [-0.25, -0.2) is 13.1 Å². The Balaban J connectivity index is 0.00000361. The number of halogens is 1. The van der Waals surface area contributed by atoms with E-state index in [2.05, 4.69) is 9.82 Å². The van der Waals surface area contributed by atoms with Crippen molar-refractivity contribution in [2.75, 3.05) is 6.54 Å². The van der Waals surface area contributed by atoms with Gasteiger partial charge in [0.1, 0.15) is 4.90 Å². The number of rotatable bonds is 6. The van der Waals surface area contributed by atoms with E-state index in [1.807, 2.05) is 13.8 Å². The molecule has 1 aromatic heterocycles. The molecule has 0 aromatic carbocycles. The highest BCUT2D eigenvalue weighted by Crippen LogP contribution is 2.23. The topological polar surface area (TPSA) is 90.0 Å². The maximum Gasteiger partial charge on any atom is 0.244 e. The first-order valence-electron chi connectivity index (χ1n) is 6.47. The molecular weight excluding hydrogens is 300 g/mol. The molecule has 20 heavy (non-hydrogen) atoms. The number of nitrogens with zero attached hydrogens (tertiary/aromatic N) is 2. The monoisotopic (exact) mass is 324 g/mol. The van der Waals surface area contributed by atoms with Gasteiger partial charge in [-0.3, -0.25) is 4.68 Å². The van der Waals surface area contributed by atoms with E-state index in [0.717, 1.165) is 0 Å². The number of nitrogens with one attached hydrogen (secondary N) is 1. The van der Waals surface area contributed by atoms with E-state index in [4.69, 9.17) is 5.73 Å². The van der Waals surface area contributed by atoms with E-state index in [1.54, 1.807) is 25.6 Å². The molecule has 0 aliphatic heterocycles. The van der Waals surface area contributed by atoms with E-state index in [0.29, 0.717) is 24.2 Å². The van der Waals surface area contributed by atoms with Crippen molar-refractivity contribution in [3.8, 4) is 0 Å². The minimum atomic E-state index is -3.61. The maximum absolute atomic E-state index is 12.6. The summed E-state index contributed by atoms with van der Waals surface area (Å²) in [5, 5.41) is 4.15. The standard InChI is InChI=1S/C12H24N4O2S.ClH/c1-6-12(7-2,8-13)15-19(17,18)11-9(3)14-16(5)10(11)4;/h15H,6-8,13H2,1-5H3;1H. The van der Waals surface area contributed by atoms with Crippen molar-refractivity contribution in [1.29, 1.82) is 0 Å². The summed E-state index contributed by atoms with van der Waals surface area (Å²) in [6.45, 7) is 7.58. The highest BCUT2D eigenvalue weighted by atomic mass is 35.5. The van der Waals surface area contributed by atoms with Crippen LogP contribution in [0.2, 0.25) is 0 Å². The lowest BCUT2D eigenvalue weighted by Gasteiger charge is -2.31. The Morgan fingerprint density at radius 2 is 1.80 bits per heavy atom. The largest absolute Gasteiger partial charge is 0.329 e. The zero-order chi connectivity index (χ0) is 14.8. The van der Waals surface area contributed by atoms with Crippen LogP contribution in [0.5, 0.6) is 0 Å². The Morgan fingerprint density at radius 3 is 2.10 bits per heavy atom. The van der Waals surface area contributed by atoms with E-state index >= 15 is 0 Å². The second-order valence-electron chi connectivity index (χ2n) is 4.92. The van der Waals surface area contributed by atoms with Gasteiger partial charge < -0.3 is 5.73 Å². The lowest BCUT2D eigenvalue weighted by molar-refractivity contribution is 0.363. The third-order valence-corrected chi connectivity index (χ3v) is 5.64. The molecule has 0 amide bonds. The molecule has 0 unspecified atom stereocenters. The molecule has 1 heterocycles. The molecule has 8 heteroatoms. The highest BCUT2D eigenvalue weighted by molar-refractivity contribution is 7.89. The van der Waals surface area contributed by atoms with Crippen molar-refractivity contribution in [1.82, 2.24) is 14.5 Å². The number of hydrogen-bond donors (Lipinski definition) is 2. The molecule has 0 bridgehead atoms. The van der Waals surface area contributed by atoms with Gasteiger partial charge in [0.15, 0.2) is 0 Å². The predicted molar refractivity (Wildman–Crippen MR) is 82.6 cm³/mol. The Kier molecular flexibility index (Phi) is 6.67. The fraction of sp³-hybridized carbons (Fsp3) is 0.750. The van der Waals surface area contributed by atoms with E-state index in [-0.39, 0.29) is 23.8 Å². The lowest BCUT2D eigenvalue weighted by atomic mass is 9.95.